The molecular formula is C20H24N6O3S. The van der Waals surface area contributed by atoms with Crippen molar-refractivity contribution in [3.63, 3.8) is 0 Å². The molecule has 0 saturated carbocycles. The van der Waals surface area contributed by atoms with Crippen LogP contribution in [0, 0.1) is 6.92 Å². The van der Waals surface area contributed by atoms with Gasteiger partial charge in [0.15, 0.2) is 0 Å². The molecule has 9 nitrogen and oxygen atoms in total. The van der Waals surface area contributed by atoms with Crippen LogP contribution in [0.1, 0.15) is 18.4 Å². The summed E-state index contributed by atoms with van der Waals surface area (Å²) in [5.41, 5.74) is 3.07. The smallest absolute Gasteiger partial charge is 0.319 e. The zero-order valence-corrected chi connectivity index (χ0v) is 17.5. The Morgan fingerprint density at radius 2 is 1.83 bits per heavy atom. The average Bonchev–Trinajstić information content (AvgIpc) is 3.40. The number of aryl methyl sites for hydroxylation is 1. The van der Waals surface area contributed by atoms with Crippen LogP contribution in [0.5, 0.6) is 0 Å². The summed E-state index contributed by atoms with van der Waals surface area (Å²) in [5.74, 6) is 0. The highest BCUT2D eigenvalue weighted by Gasteiger charge is 2.27. The van der Waals surface area contributed by atoms with Gasteiger partial charge in [0.25, 0.3) is 0 Å². The van der Waals surface area contributed by atoms with E-state index in [1.807, 2.05) is 31.2 Å². The van der Waals surface area contributed by atoms with Gasteiger partial charge in [-0.1, -0.05) is 22.9 Å². The lowest BCUT2D eigenvalue weighted by molar-refractivity contribution is 0.251. The summed E-state index contributed by atoms with van der Waals surface area (Å²) < 4.78 is 28.6. The van der Waals surface area contributed by atoms with Gasteiger partial charge in [-0.15, -0.1) is 5.10 Å². The summed E-state index contributed by atoms with van der Waals surface area (Å²) in [6, 6.07) is 12.1. The topological polar surface area (TPSA) is 109 Å². The zero-order valence-electron chi connectivity index (χ0n) is 16.7. The minimum atomic E-state index is -3.49. The number of sulfonamides is 1. The summed E-state index contributed by atoms with van der Waals surface area (Å²) >= 11 is 0. The van der Waals surface area contributed by atoms with E-state index in [1.165, 1.54) is 4.31 Å². The summed E-state index contributed by atoms with van der Waals surface area (Å²) in [6.07, 6.45) is 1.78. The maximum Gasteiger partial charge on any atom is 0.319 e. The number of hydrogen-bond donors (Lipinski definition) is 2. The lowest BCUT2D eigenvalue weighted by atomic mass is 10.2. The Labute approximate surface area is 175 Å². The van der Waals surface area contributed by atoms with E-state index in [4.69, 9.17) is 0 Å². The number of benzene rings is 2. The standard InChI is InChI=1S/C20H24N6O3S/c1-15-4-6-16(7-5-15)22-20(27)21-10-13-26-19-9-8-17(14-18(19)23-24-26)30(28,29)25-11-2-3-12-25/h4-9,14H,2-3,10-13H2,1H3,(H2,21,22,27). The third-order valence-electron chi connectivity index (χ3n) is 5.11. The molecule has 0 aliphatic carbocycles. The Morgan fingerprint density at radius 1 is 1.10 bits per heavy atom. The second-order valence-corrected chi connectivity index (χ2v) is 9.26. The first kappa shape index (κ1) is 20.3. The van der Waals surface area contributed by atoms with Crippen molar-refractivity contribution in [1.29, 1.82) is 0 Å². The molecule has 2 amide bonds. The Morgan fingerprint density at radius 3 is 2.57 bits per heavy atom. The number of carbonyl (C=O) groups is 1. The molecule has 1 aliphatic rings. The van der Waals surface area contributed by atoms with Crippen LogP contribution in [0.15, 0.2) is 47.4 Å². The third kappa shape index (κ3) is 4.29. The summed E-state index contributed by atoms with van der Waals surface area (Å²) in [4.78, 5) is 12.3. The van der Waals surface area contributed by atoms with Gasteiger partial charge < -0.3 is 10.6 Å². The van der Waals surface area contributed by atoms with Crippen LogP contribution >= 0.6 is 0 Å². The van der Waals surface area contributed by atoms with Gasteiger partial charge >= 0.3 is 6.03 Å². The van der Waals surface area contributed by atoms with Crippen LogP contribution in [-0.4, -0.2) is 53.4 Å². The van der Waals surface area contributed by atoms with E-state index in [0.29, 0.717) is 31.7 Å². The molecule has 0 atom stereocenters. The molecule has 1 saturated heterocycles. The zero-order chi connectivity index (χ0) is 21.1. The van der Waals surface area contributed by atoms with Gasteiger partial charge in [0.1, 0.15) is 5.52 Å². The monoisotopic (exact) mass is 428 g/mol. The van der Waals surface area contributed by atoms with Crippen molar-refractivity contribution in [3.8, 4) is 0 Å². The fraction of sp³-hybridized carbons (Fsp3) is 0.350. The molecule has 0 unspecified atom stereocenters. The number of urea groups is 1. The van der Waals surface area contributed by atoms with Gasteiger partial charge in [-0.05, 0) is 50.1 Å². The Balaban J connectivity index is 1.38. The van der Waals surface area contributed by atoms with E-state index in [2.05, 4.69) is 20.9 Å². The van der Waals surface area contributed by atoms with Crippen molar-refractivity contribution in [3.05, 3.63) is 48.0 Å². The molecule has 0 bridgehead atoms. The Kier molecular flexibility index (Phi) is 5.69. The molecule has 3 aromatic rings. The van der Waals surface area contributed by atoms with Crippen molar-refractivity contribution >= 4 is 32.8 Å². The molecule has 1 aliphatic heterocycles. The highest BCUT2D eigenvalue weighted by molar-refractivity contribution is 7.89. The van der Waals surface area contributed by atoms with Crippen LogP contribution in [0.3, 0.4) is 0 Å². The molecule has 0 spiro atoms. The van der Waals surface area contributed by atoms with Gasteiger partial charge in [-0.3, -0.25) is 0 Å². The number of nitrogens with one attached hydrogen (secondary N) is 2. The number of aromatic nitrogens is 3. The molecule has 2 heterocycles. The van der Waals surface area contributed by atoms with Gasteiger partial charge in [0, 0.05) is 25.3 Å². The normalized spacial score (nSPS) is 14.8. The maximum absolute atomic E-state index is 12.7. The van der Waals surface area contributed by atoms with Crippen molar-refractivity contribution in [2.45, 2.75) is 31.2 Å². The number of amides is 2. The SMILES string of the molecule is Cc1ccc(NC(=O)NCCn2nnc3cc(S(=O)(=O)N4CCCC4)ccc32)cc1. The lowest BCUT2D eigenvalue weighted by Crippen LogP contribution is -2.31. The van der Waals surface area contributed by atoms with Gasteiger partial charge in [0.2, 0.25) is 10.0 Å². The first-order valence-electron chi connectivity index (χ1n) is 9.88. The second kappa shape index (κ2) is 8.41. The first-order chi connectivity index (χ1) is 14.4. The van der Waals surface area contributed by atoms with Crippen LogP contribution < -0.4 is 10.6 Å². The van der Waals surface area contributed by atoms with Gasteiger partial charge in [-0.2, -0.15) is 4.31 Å². The summed E-state index contributed by atoms with van der Waals surface area (Å²) in [7, 11) is -3.49. The Bertz CT molecular complexity index is 1150. The number of anilines is 1. The fourth-order valence-electron chi connectivity index (χ4n) is 3.44. The number of carbonyl (C=O) groups excluding carboxylic acids is 1. The number of rotatable bonds is 6. The van der Waals surface area contributed by atoms with Crippen molar-refractivity contribution < 1.29 is 13.2 Å². The van der Waals surface area contributed by atoms with E-state index in [1.54, 1.807) is 22.9 Å². The van der Waals surface area contributed by atoms with E-state index in [0.717, 1.165) is 29.6 Å². The summed E-state index contributed by atoms with van der Waals surface area (Å²) in [6.45, 7) is 3.86. The number of nitrogens with zero attached hydrogens (tertiary/aromatic N) is 4. The van der Waals surface area contributed by atoms with Crippen LogP contribution in [0.4, 0.5) is 10.5 Å². The molecular weight excluding hydrogens is 404 g/mol. The molecule has 10 heteroatoms. The molecule has 4 rings (SSSR count). The minimum absolute atomic E-state index is 0.236. The van der Waals surface area contributed by atoms with E-state index in [-0.39, 0.29) is 10.9 Å². The van der Waals surface area contributed by atoms with E-state index in [9.17, 15) is 13.2 Å². The summed E-state index contributed by atoms with van der Waals surface area (Å²) in [5, 5.41) is 13.7. The predicted molar refractivity (Wildman–Crippen MR) is 114 cm³/mol. The third-order valence-corrected chi connectivity index (χ3v) is 7.00. The quantitative estimate of drug-likeness (QED) is 0.626. The fourth-order valence-corrected chi connectivity index (χ4v) is 4.98. The van der Waals surface area contributed by atoms with Crippen LogP contribution in [-0.2, 0) is 16.6 Å². The molecule has 1 fully saturated rings. The molecule has 158 valence electrons. The Hall–Kier alpha value is -2.98. The van der Waals surface area contributed by atoms with E-state index < -0.39 is 10.0 Å². The number of fused-ring (bicyclic) bond motifs is 1. The van der Waals surface area contributed by atoms with Gasteiger partial charge in [0.05, 0.1) is 17.0 Å². The van der Waals surface area contributed by atoms with Crippen molar-refractivity contribution in [2.75, 3.05) is 25.0 Å². The minimum Gasteiger partial charge on any atom is -0.336 e. The average molecular weight is 429 g/mol. The molecule has 30 heavy (non-hydrogen) atoms. The lowest BCUT2D eigenvalue weighted by Gasteiger charge is -2.15. The second-order valence-electron chi connectivity index (χ2n) is 7.32. The highest BCUT2D eigenvalue weighted by Crippen LogP contribution is 2.23. The van der Waals surface area contributed by atoms with Crippen LogP contribution in [0.25, 0.3) is 11.0 Å². The number of hydrogen-bond acceptors (Lipinski definition) is 5. The van der Waals surface area contributed by atoms with Crippen molar-refractivity contribution in [1.82, 2.24) is 24.6 Å². The molecule has 0 radical (unpaired) electrons. The first-order valence-corrected chi connectivity index (χ1v) is 11.3. The maximum atomic E-state index is 12.7. The molecule has 2 N–H and O–H groups in total. The van der Waals surface area contributed by atoms with Gasteiger partial charge in [-0.25, -0.2) is 17.9 Å². The van der Waals surface area contributed by atoms with E-state index >= 15 is 0 Å². The largest absolute Gasteiger partial charge is 0.336 e. The molecule has 2 aromatic carbocycles. The van der Waals surface area contributed by atoms with Crippen LogP contribution in [0.2, 0.25) is 0 Å². The van der Waals surface area contributed by atoms with Crippen molar-refractivity contribution in [2.24, 2.45) is 0 Å². The molecule has 1 aromatic heterocycles. The predicted octanol–water partition coefficient (Wildman–Crippen LogP) is 2.35. The highest BCUT2D eigenvalue weighted by atomic mass is 32.2.